The van der Waals surface area contributed by atoms with Crippen molar-refractivity contribution in [3.8, 4) is 16.9 Å². The lowest BCUT2D eigenvalue weighted by atomic mass is 10.0. The first-order valence-corrected chi connectivity index (χ1v) is 10.6. The molecule has 1 heterocycles. The predicted octanol–water partition coefficient (Wildman–Crippen LogP) is 7.54. The molecular formula is C25H12Cl2F4O4. The Morgan fingerprint density at radius 2 is 1.71 bits per heavy atom. The van der Waals surface area contributed by atoms with Crippen molar-refractivity contribution < 1.29 is 31.5 Å². The SMILES string of the molecule is O=C(/C=C/c1c(F)cccc1Cl)Oc1ccc2c(=O)c(-c3ccc(Cl)cc3)c(C(F)(F)F)oc2c1. The lowest BCUT2D eigenvalue weighted by Gasteiger charge is -2.13. The van der Waals surface area contributed by atoms with Gasteiger partial charge in [0.05, 0.1) is 16.0 Å². The quantitative estimate of drug-likeness (QED) is 0.120. The molecule has 10 heteroatoms. The summed E-state index contributed by atoms with van der Waals surface area (Å²) in [6.07, 6.45) is -2.99. The zero-order chi connectivity index (χ0) is 25.3. The molecular weight excluding hydrogens is 511 g/mol. The van der Waals surface area contributed by atoms with E-state index in [2.05, 4.69) is 0 Å². The molecule has 0 atom stereocenters. The van der Waals surface area contributed by atoms with Crippen LogP contribution in [0, 0.1) is 5.82 Å². The highest BCUT2D eigenvalue weighted by molar-refractivity contribution is 6.32. The van der Waals surface area contributed by atoms with Crippen molar-refractivity contribution >= 4 is 46.2 Å². The highest BCUT2D eigenvalue weighted by atomic mass is 35.5. The number of halogens is 6. The van der Waals surface area contributed by atoms with Crippen LogP contribution in [0.1, 0.15) is 11.3 Å². The molecule has 0 radical (unpaired) electrons. The Hall–Kier alpha value is -3.62. The number of hydrogen-bond donors (Lipinski definition) is 0. The van der Waals surface area contributed by atoms with Gasteiger partial charge in [0, 0.05) is 22.7 Å². The summed E-state index contributed by atoms with van der Waals surface area (Å²) < 4.78 is 65.3. The van der Waals surface area contributed by atoms with E-state index in [1.54, 1.807) is 0 Å². The van der Waals surface area contributed by atoms with Gasteiger partial charge in [0.2, 0.25) is 11.2 Å². The fourth-order valence-corrected chi connectivity index (χ4v) is 3.64. The number of carbonyl (C=O) groups excluding carboxylic acids is 1. The normalized spacial score (nSPS) is 11.8. The van der Waals surface area contributed by atoms with Crippen LogP contribution in [0.3, 0.4) is 0 Å². The van der Waals surface area contributed by atoms with Crippen LogP contribution >= 0.6 is 23.2 Å². The van der Waals surface area contributed by atoms with Crippen LogP contribution in [0.2, 0.25) is 10.0 Å². The predicted molar refractivity (Wildman–Crippen MR) is 124 cm³/mol. The molecule has 178 valence electrons. The first kappa shape index (κ1) is 24.5. The molecule has 35 heavy (non-hydrogen) atoms. The van der Waals surface area contributed by atoms with E-state index < -0.39 is 40.3 Å². The van der Waals surface area contributed by atoms with Crippen LogP contribution in [0.25, 0.3) is 28.2 Å². The third kappa shape index (κ3) is 5.23. The van der Waals surface area contributed by atoms with Gasteiger partial charge >= 0.3 is 12.1 Å². The maximum Gasteiger partial charge on any atom is 0.450 e. The first-order valence-electron chi connectivity index (χ1n) is 9.82. The van der Waals surface area contributed by atoms with Crippen LogP contribution in [-0.4, -0.2) is 5.97 Å². The van der Waals surface area contributed by atoms with E-state index in [0.29, 0.717) is 0 Å². The molecule has 0 aliphatic rings. The molecule has 4 nitrogen and oxygen atoms in total. The Bertz CT molecular complexity index is 1500. The van der Waals surface area contributed by atoms with E-state index in [4.69, 9.17) is 32.4 Å². The second kappa shape index (κ2) is 9.56. The van der Waals surface area contributed by atoms with Gasteiger partial charge < -0.3 is 9.15 Å². The highest BCUT2D eigenvalue weighted by Gasteiger charge is 2.39. The number of alkyl halides is 3. The second-order valence-electron chi connectivity index (χ2n) is 7.19. The van der Waals surface area contributed by atoms with Gasteiger partial charge in [0.1, 0.15) is 17.1 Å². The summed E-state index contributed by atoms with van der Waals surface area (Å²) in [6, 6.07) is 12.6. The number of fused-ring (bicyclic) bond motifs is 1. The van der Waals surface area contributed by atoms with E-state index in [0.717, 1.165) is 24.3 Å². The number of carbonyl (C=O) groups is 1. The van der Waals surface area contributed by atoms with Gasteiger partial charge in [-0.1, -0.05) is 41.4 Å². The maximum atomic E-state index is 13.8. The van der Waals surface area contributed by atoms with Gasteiger partial charge in [-0.05, 0) is 48.0 Å². The summed E-state index contributed by atoms with van der Waals surface area (Å²) in [7, 11) is 0. The standard InChI is InChI=1S/C25H12Cl2F4O4/c26-14-6-4-13(5-7-14)22-23(33)17-9-8-15(12-20(17)35-24(22)25(29,30)31)34-21(32)11-10-16-18(27)2-1-3-19(16)28/h1-12H/b11-10+. The van der Waals surface area contributed by atoms with Crippen LogP contribution in [-0.2, 0) is 11.0 Å². The molecule has 0 amide bonds. The molecule has 0 aliphatic heterocycles. The Morgan fingerprint density at radius 1 is 1.00 bits per heavy atom. The van der Waals surface area contributed by atoms with Gasteiger partial charge in [-0.2, -0.15) is 13.2 Å². The summed E-state index contributed by atoms with van der Waals surface area (Å²) in [4.78, 5) is 25.1. The minimum atomic E-state index is -4.99. The topological polar surface area (TPSA) is 56.5 Å². The lowest BCUT2D eigenvalue weighted by Crippen LogP contribution is -2.16. The molecule has 4 rings (SSSR count). The molecule has 0 bridgehead atoms. The van der Waals surface area contributed by atoms with Gasteiger partial charge in [-0.15, -0.1) is 0 Å². The van der Waals surface area contributed by atoms with Crippen LogP contribution in [0.15, 0.2) is 76.0 Å². The average Bonchev–Trinajstić information content (AvgIpc) is 2.79. The van der Waals surface area contributed by atoms with Crippen LogP contribution in [0.4, 0.5) is 17.6 Å². The minimum absolute atomic E-state index is 0.0233. The van der Waals surface area contributed by atoms with Crippen molar-refractivity contribution in [2.24, 2.45) is 0 Å². The van der Waals surface area contributed by atoms with Crippen molar-refractivity contribution in [1.82, 2.24) is 0 Å². The molecule has 0 saturated carbocycles. The molecule has 3 aromatic carbocycles. The average molecular weight is 523 g/mol. The number of ether oxygens (including phenoxy) is 1. The number of hydrogen-bond acceptors (Lipinski definition) is 4. The number of benzene rings is 3. The molecule has 0 saturated heterocycles. The Labute approximate surface area is 205 Å². The van der Waals surface area contributed by atoms with Crippen LogP contribution in [0.5, 0.6) is 5.75 Å². The summed E-state index contributed by atoms with van der Waals surface area (Å²) in [6.45, 7) is 0. The first-order chi connectivity index (χ1) is 16.5. The van der Waals surface area contributed by atoms with E-state index >= 15 is 0 Å². The molecule has 0 spiro atoms. The highest BCUT2D eigenvalue weighted by Crippen LogP contribution is 2.38. The fourth-order valence-electron chi connectivity index (χ4n) is 3.29. The van der Waals surface area contributed by atoms with Crippen molar-refractivity contribution in [2.45, 2.75) is 6.18 Å². The second-order valence-corrected chi connectivity index (χ2v) is 8.03. The minimum Gasteiger partial charge on any atom is -0.450 e. The fraction of sp³-hybridized carbons (Fsp3) is 0.0400. The van der Waals surface area contributed by atoms with E-state index in [9.17, 15) is 27.2 Å². The molecule has 0 aliphatic carbocycles. The van der Waals surface area contributed by atoms with E-state index in [1.165, 1.54) is 48.5 Å². The Kier molecular flexibility index (Phi) is 6.69. The molecule has 1 aromatic heterocycles. The van der Waals surface area contributed by atoms with Gasteiger partial charge in [-0.25, -0.2) is 9.18 Å². The summed E-state index contributed by atoms with van der Waals surface area (Å²) in [5.41, 5.74) is -2.10. The number of rotatable bonds is 4. The molecule has 0 N–H and O–H groups in total. The largest absolute Gasteiger partial charge is 0.450 e. The van der Waals surface area contributed by atoms with Crippen molar-refractivity contribution in [2.75, 3.05) is 0 Å². The maximum absolute atomic E-state index is 13.8. The number of esters is 1. The van der Waals surface area contributed by atoms with Crippen molar-refractivity contribution in [1.29, 1.82) is 0 Å². The third-order valence-electron chi connectivity index (χ3n) is 4.86. The van der Waals surface area contributed by atoms with Crippen molar-refractivity contribution in [3.63, 3.8) is 0 Å². The van der Waals surface area contributed by atoms with Gasteiger partial charge in [0.15, 0.2) is 0 Å². The summed E-state index contributed by atoms with van der Waals surface area (Å²) in [5, 5.41) is 0.194. The monoisotopic (exact) mass is 522 g/mol. The zero-order valence-corrected chi connectivity index (χ0v) is 18.8. The van der Waals surface area contributed by atoms with E-state index in [-0.39, 0.29) is 32.3 Å². The molecule has 4 aromatic rings. The lowest BCUT2D eigenvalue weighted by molar-refractivity contribution is -0.152. The Balaban J connectivity index is 1.72. The van der Waals surface area contributed by atoms with Gasteiger partial charge in [-0.3, -0.25) is 4.79 Å². The van der Waals surface area contributed by atoms with Crippen LogP contribution < -0.4 is 10.2 Å². The smallest absolute Gasteiger partial charge is 0.450 e. The summed E-state index contributed by atoms with van der Waals surface area (Å²) in [5.74, 6) is -3.32. The summed E-state index contributed by atoms with van der Waals surface area (Å²) >= 11 is 11.7. The molecule has 0 fully saturated rings. The van der Waals surface area contributed by atoms with E-state index in [1.807, 2.05) is 0 Å². The zero-order valence-electron chi connectivity index (χ0n) is 17.3. The molecule has 0 unspecified atom stereocenters. The third-order valence-corrected chi connectivity index (χ3v) is 5.44. The Morgan fingerprint density at radius 3 is 2.37 bits per heavy atom. The van der Waals surface area contributed by atoms with Gasteiger partial charge in [0.25, 0.3) is 0 Å². The van der Waals surface area contributed by atoms with Crippen molar-refractivity contribution in [3.05, 3.63) is 104 Å².